The zero-order chi connectivity index (χ0) is 9.31. The van der Waals surface area contributed by atoms with Crippen LogP contribution in [0, 0.1) is 11.3 Å². The van der Waals surface area contributed by atoms with Gasteiger partial charge in [-0.15, -0.1) is 0 Å². The molecule has 13 heavy (non-hydrogen) atoms. The van der Waals surface area contributed by atoms with Crippen LogP contribution in [-0.2, 0) is 4.74 Å². The predicted octanol–water partition coefficient (Wildman–Crippen LogP) is 1.20. The molecule has 0 bridgehead atoms. The minimum atomic E-state index is -0.249. The molecule has 1 N–H and O–H groups in total. The maximum Gasteiger partial charge on any atom is 0.111 e. The van der Waals surface area contributed by atoms with E-state index in [1.165, 1.54) is 12.8 Å². The molecule has 0 aromatic rings. The quantitative estimate of drug-likeness (QED) is 0.707. The van der Waals surface area contributed by atoms with Crippen molar-refractivity contribution in [3.63, 3.8) is 0 Å². The molecular weight excluding hydrogens is 164 g/mol. The van der Waals surface area contributed by atoms with Gasteiger partial charge in [-0.2, -0.15) is 5.26 Å². The molecule has 0 atom stereocenters. The molecule has 0 unspecified atom stereocenters. The van der Waals surface area contributed by atoms with Crippen molar-refractivity contribution < 1.29 is 4.74 Å². The first-order chi connectivity index (χ1) is 6.28. The van der Waals surface area contributed by atoms with Crippen LogP contribution in [0.25, 0.3) is 0 Å². The van der Waals surface area contributed by atoms with Gasteiger partial charge in [-0.3, -0.25) is 5.32 Å². The number of hydrogen-bond donors (Lipinski definition) is 1. The predicted molar refractivity (Wildman–Crippen MR) is 49.1 cm³/mol. The van der Waals surface area contributed by atoms with E-state index in [1.54, 1.807) is 0 Å². The van der Waals surface area contributed by atoms with Crippen molar-refractivity contribution in [2.75, 3.05) is 6.61 Å². The van der Waals surface area contributed by atoms with E-state index >= 15 is 0 Å². The average Bonchev–Trinajstić information content (AvgIpc) is 2.84. The van der Waals surface area contributed by atoms with Crippen LogP contribution in [0.1, 0.15) is 32.6 Å². The molecule has 0 amide bonds. The van der Waals surface area contributed by atoms with Crippen molar-refractivity contribution in [1.29, 1.82) is 5.26 Å². The monoisotopic (exact) mass is 180 g/mol. The van der Waals surface area contributed by atoms with Gasteiger partial charge in [0, 0.05) is 25.5 Å². The van der Waals surface area contributed by atoms with Crippen molar-refractivity contribution in [3.8, 4) is 6.07 Å². The van der Waals surface area contributed by atoms with Gasteiger partial charge in [0.1, 0.15) is 5.54 Å². The second-order valence-corrected chi connectivity index (χ2v) is 4.10. The fourth-order valence-corrected chi connectivity index (χ4v) is 1.93. The molecule has 0 aliphatic heterocycles. The Morgan fingerprint density at radius 2 is 2.23 bits per heavy atom. The number of nitrogens with one attached hydrogen (secondary N) is 1. The van der Waals surface area contributed by atoms with Gasteiger partial charge in [0.25, 0.3) is 0 Å². The van der Waals surface area contributed by atoms with E-state index in [1.807, 2.05) is 6.92 Å². The number of rotatable bonds is 4. The van der Waals surface area contributed by atoms with Gasteiger partial charge in [-0.05, 0) is 19.8 Å². The Kier molecular flexibility index (Phi) is 2.27. The third kappa shape index (κ3) is 1.84. The van der Waals surface area contributed by atoms with E-state index in [9.17, 15) is 0 Å². The van der Waals surface area contributed by atoms with Crippen molar-refractivity contribution in [3.05, 3.63) is 0 Å². The van der Waals surface area contributed by atoms with Crippen LogP contribution in [0.4, 0.5) is 0 Å². The van der Waals surface area contributed by atoms with E-state index in [-0.39, 0.29) is 5.54 Å². The fourth-order valence-electron chi connectivity index (χ4n) is 1.93. The summed E-state index contributed by atoms with van der Waals surface area (Å²) in [6.07, 6.45) is 4.53. The van der Waals surface area contributed by atoms with E-state index in [2.05, 4.69) is 11.4 Å². The standard InChI is InChI=1S/C10H16N2O/c1-2-13-9-5-10(6-9,7-11)12-8-3-4-8/h8-9,12H,2-6H2,1H3. The smallest absolute Gasteiger partial charge is 0.111 e. The van der Waals surface area contributed by atoms with Gasteiger partial charge < -0.3 is 4.74 Å². The first-order valence-corrected chi connectivity index (χ1v) is 5.08. The largest absolute Gasteiger partial charge is 0.378 e. The highest BCUT2D eigenvalue weighted by atomic mass is 16.5. The molecule has 2 aliphatic carbocycles. The Balaban J connectivity index is 1.80. The van der Waals surface area contributed by atoms with Gasteiger partial charge in [-0.1, -0.05) is 0 Å². The van der Waals surface area contributed by atoms with Gasteiger partial charge >= 0.3 is 0 Å². The maximum absolute atomic E-state index is 9.03. The zero-order valence-electron chi connectivity index (χ0n) is 8.05. The SMILES string of the molecule is CCOC1CC(C#N)(NC2CC2)C1. The third-order valence-electron chi connectivity index (χ3n) is 2.83. The van der Waals surface area contributed by atoms with Crippen LogP contribution in [0.2, 0.25) is 0 Å². The Morgan fingerprint density at radius 3 is 2.69 bits per heavy atom. The van der Waals surface area contributed by atoms with E-state index < -0.39 is 0 Å². The van der Waals surface area contributed by atoms with Crippen LogP contribution in [0.5, 0.6) is 0 Å². The zero-order valence-corrected chi connectivity index (χ0v) is 8.05. The topological polar surface area (TPSA) is 45.0 Å². The molecule has 0 heterocycles. The molecule has 2 saturated carbocycles. The molecule has 0 spiro atoms. The minimum Gasteiger partial charge on any atom is -0.378 e. The lowest BCUT2D eigenvalue weighted by molar-refractivity contribution is -0.0318. The number of nitriles is 1. The minimum absolute atomic E-state index is 0.249. The Hall–Kier alpha value is -0.590. The Labute approximate surface area is 79.1 Å². The lowest BCUT2D eigenvalue weighted by Crippen LogP contribution is -2.58. The number of ether oxygens (including phenoxy) is 1. The second-order valence-electron chi connectivity index (χ2n) is 4.10. The molecule has 0 radical (unpaired) electrons. The van der Waals surface area contributed by atoms with Crippen molar-refractivity contribution in [1.82, 2.24) is 5.32 Å². The molecule has 0 aromatic heterocycles. The normalized spacial score (nSPS) is 38.0. The molecule has 2 rings (SSSR count). The highest BCUT2D eigenvalue weighted by Crippen LogP contribution is 2.37. The summed E-state index contributed by atoms with van der Waals surface area (Å²) in [6, 6.07) is 3.00. The molecule has 2 fully saturated rings. The van der Waals surface area contributed by atoms with Gasteiger partial charge in [-0.25, -0.2) is 0 Å². The first kappa shape index (κ1) is 8.98. The van der Waals surface area contributed by atoms with Gasteiger partial charge in [0.05, 0.1) is 12.2 Å². The maximum atomic E-state index is 9.03. The Bertz CT molecular complexity index is 224. The summed E-state index contributed by atoms with van der Waals surface area (Å²) in [5.41, 5.74) is -0.249. The van der Waals surface area contributed by atoms with Gasteiger partial charge in [0.2, 0.25) is 0 Å². The second kappa shape index (κ2) is 3.28. The molecule has 3 nitrogen and oxygen atoms in total. The molecule has 72 valence electrons. The fraction of sp³-hybridized carbons (Fsp3) is 0.900. The summed E-state index contributed by atoms with van der Waals surface area (Å²) in [5.74, 6) is 0. The highest BCUT2D eigenvalue weighted by molar-refractivity contribution is 5.18. The summed E-state index contributed by atoms with van der Waals surface area (Å²) in [7, 11) is 0. The van der Waals surface area contributed by atoms with Crippen LogP contribution in [0.3, 0.4) is 0 Å². The van der Waals surface area contributed by atoms with Crippen molar-refractivity contribution >= 4 is 0 Å². The third-order valence-corrected chi connectivity index (χ3v) is 2.83. The van der Waals surface area contributed by atoms with Crippen molar-refractivity contribution in [2.45, 2.75) is 50.3 Å². The van der Waals surface area contributed by atoms with Gasteiger partial charge in [0.15, 0.2) is 0 Å². The van der Waals surface area contributed by atoms with Crippen LogP contribution < -0.4 is 5.32 Å². The molecular formula is C10H16N2O. The van der Waals surface area contributed by atoms with Crippen molar-refractivity contribution in [2.24, 2.45) is 0 Å². The Morgan fingerprint density at radius 1 is 1.54 bits per heavy atom. The summed E-state index contributed by atoms with van der Waals surface area (Å²) in [6.45, 7) is 2.76. The lowest BCUT2D eigenvalue weighted by atomic mass is 9.75. The summed E-state index contributed by atoms with van der Waals surface area (Å²) in [4.78, 5) is 0. The summed E-state index contributed by atoms with van der Waals surface area (Å²) >= 11 is 0. The average molecular weight is 180 g/mol. The van der Waals surface area contributed by atoms with Crippen LogP contribution >= 0.6 is 0 Å². The van der Waals surface area contributed by atoms with Crippen LogP contribution in [0.15, 0.2) is 0 Å². The molecule has 0 aromatic carbocycles. The lowest BCUT2D eigenvalue weighted by Gasteiger charge is -2.42. The van der Waals surface area contributed by atoms with Crippen LogP contribution in [-0.4, -0.2) is 24.3 Å². The van der Waals surface area contributed by atoms with E-state index in [0.717, 1.165) is 19.4 Å². The molecule has 2 aliphatic rings. The van der Waals surface area contributed by atoms with E-state index in [0.29, 0.717) is 12.1 Å². The summed E-state index contributed by atoms with van der Waals surface area (Å²) in [5, 5.41) is 12.4. The highest BCUT2D eigenvalue weighted by Gasteiger charge is 2.47. The molecule has 3 heteroatoms. The number of hydrogen-bond acceptors (Lipinski definition) is 3. The first-order valence-electron chi connectivity index (χ1n) is 5.08. The summed E-state index contributed by atoms with van der Waals surface area (Å²) < 4.78 is 5.45. The molecule has 0 saturated heterocycles. The van der Waals surface area contributed by atoms with E-state index in [4.69, 9.17) is 10.00 Å². The number of nitrogens with zero attached hydrogens (tertiary/aromatic N) is 1.